The van der Waals surface area contributed by atoms with Crippen molar-refractivity contribution in [1.29, 1.82) is 0 Å². The summed E-state index contributed by atoms with van der Waals surface area (Å²) in [6.07, 6.45) is -7.38. The highest BCUT2D eigenvalue weighted by Crippen LogP contribution is 2.16. The molecule has 126 heavy (non-hydrogen) atoms. The first kappa shape index (κ1) is 112. The maximum Gasteiger partial charge on any atom is 0.305 e. The minimum Gasteiger partial charge on any atom is -0.481 e. The lowest BCUT2D eigenvalue weighted by molar-refractivity contribution is -0.157. The van der Waals surface area contributed by atoms with Gasteiger partial charge in [0.25, 0.3) is 5.91 Å². The summed E-state index contributed by atoms with van der Waals surface area (Å²) < 4.78 is 10.3. The maximum atomic E-state index is 14.5. The number of carbonyl (C=O) groups excluding carboxylic acids is 19. The first-order valence-corrected chi connectivity index (χ1v) is 41.6. The van der Waals surface area contributed by atoms with Crippen LogP contribution in [0.3, 0.4) is 0 Å². The molecule has 0 spiro atoms. The summed E-state index contributed by atoms with van der Waals surface area (Å²) in [6.45, 7) is 6.23. The Morgan fingerprint density at radius 3 is 1.28 bits per heavy atom. The first-order valence-electron chi connectivity index (χ1n) is 40.4. The van der Waals surface area contributed by atoms with E-state index in [2.05, 4.69) is 53.4 Å². The van der Waals surface area contributed by atoms with Crippen LogP contribution in [0, 0.1) is 5.92 Å². The van der Waals surface area contributed by atoms with Crippen molar-refractivity contribution >= 4 is 142 Å². The number of aliphatic hydroxyl groups excluding tert-OH is 2. The molecule has 0 fully saturated rings. The molecule has 5 unspecified atom stereocenters. The Hall–Kier alpha value is -12.0. The van der Waals surface area contributed by atoms with E-state index in [1.54, 1.807) is 58.0 Å². The molecule has 15 amide bonds. The van der Waals surface area contributed by atoms with Crippen molar-refractivity contribution < 1.29 is 140 Å². The second kappa shape index (κ2) is 60.6. The molecule has 50 heteroatoms. The zero-order valence-electron chi connectivity index (χ0n) is 70.9. The topological polar surface area (TPSA) is 820 Å². The number of unbranched alkanes of at least 4 members (excludes halogenated alkanes) is 2. The number of hydrazine groups is 1. The van der Waals surface area contributed by atoms with Crippen LogP contribution in [0.15, 0.2) is 30.3 Å². The fraction of sp³-hybridized carbons (Fsp3) is 0.632. The summed E-state index contributed by atoms with van der Waals surface area (Å²) in [5.41, 5.74) is 38.3. The van der Waals surface area contributed by atoms with Crippen molar-refractivity contribution in [3.05, 3.63) is 35.9 Å². The number of benzene rings is 1. The van der Waals surface area contributed by atoms with E-state index in [-0.39, 0.29) is 75.6 Å². The Labute approximate surface area is 729 Å². The SMILES string of the molecule is CCC(=O)OC[C@@H](CSC[C@@H](N)C(=O)NNCC(=O)NC(CC(N)=O)C(=O)N[C@@H](CC(N)=O)C(=O)NC(CC(=O)O)C(=O)N[C@@H](CCC(=O)O)C(=O)NC(CO)C(=O)N[C@@H](CC(N)=O)C(=O)N[C@H](C(=O)N[C@@H](CO)C(=O)NC(Cc1ccccc1)C(=O)N[C@@H](CCCCN)C(=O)NC(CCC(=O)O)C(=O)C(=O)[C@H](CCCCN)NC(C)C)[C@@H](C)CC)OC(=O)CC. The molecule has 1 aromatic carbocycles. The number of aliphatic carboxylic acids is 3. The number of nitrogens with one attached hydrogen (secondary N) is 14. The number of Topliss-reactive ketones (excluding diaryl/α,β-unsaturated/α-hetero) is 2. The molecule has 0 saturated heterocycles. The number of amides is 15. The second-order valence-corrected chi connectivity index (χ2v) is 30.3. The summed E-state index contributed by atoms with van der Waals surface area (Å²) >= 11 is 1.04. The van der Waals surface area contributed by atoms with Gasteiger partial charge in [-0.25, -0.2) is 5.43 Å². The minimum absolute atomic E-state index is 0.0164. The van der Waals surface area contributed by atoms with Crippen LogP contribution in [0.4, 0.5) is 0 Å². The van der Waals surface area contributed by atoms with Crippen LogP contribution < -0.4 is 109 Å². The average Bonchev–Trinajstić information content (AvgIpc) is 0.850. The first-order chi connectivity index (χ1) is 59.4. The molecule has 49 nitrogen and oxygen atoms in total. The number of carboxylic acids is 3. The van der Waals surface area contributed by atoms with Gasteiger partial charge < -0.3 is 133 Å². The lowest BCUT2D eigenvalue weighted by atomic mass is 9.95. The third kappa shape index (κ3) is 45.1. The summed E-state index contributed by atoms with van der Waals surface area (Å²) in [5.74, 6) is -28.5. The highest BCUT2D eigenvalue weighted by atomic mass is 32.2. The van der Waals surface area contributed by atoms with Gasteiger partial charge in [0.2, 0.25) is 94.3 Å². The van der Waals surface area contributed by atoms with Gasteiger partial charge in [0.1, 0.15) is 73.1 Å². The third-order valence-electron chi connectivity index (χ3n) is 18.4. The Morgan fingerprint density at radius 2 is 0.825 bits per heavy atom. The maximum absolute atomic E-state index is 14.5. The van der Waals surface area contributed by atoms with Gasteiger partial charge in [-0.2, -0.15) is 11.8 Å². The van der Waals surface area contributed by atoms with E-state index in [1.165, 1.54) is 13.8 Å². The lowest BCUT2D eigenvalue weighted by Crippen LogP contribution is -2.62. The van der Waals surface area contributed by atoms with Gasteiger partial charge in [-0.15, -0.1) is 0 Å². The van der Waals surface area contributed by atoms with Crippen LogP contribution in [0.25, 0.3) is 0 Å². The number of ketones is 2. The predicted molar refractivity (Wildman–Crippen MR) is 443 cm³/mol. The normalized spacial score (nSPS) is 14.6. The molecule has 0 radical (unpaired) electrons. The van der Waals surface area contributed by atoms with Crippen LogP contribution in [-0.4, -0.2) is 297 Å². The predicted octanol–water partition coefficient (Wildman–Crippen LogP) is -9.86. The zero-order chi connectivity index (χ0) is 95.5. The molecule has 706 valence electrons. The minimum atomic E-state index is -2.34. The summed E-state index contributed by atoms with van der Waals surface area (Å²) in [5, 5.41) is 77.4. The molecule has 1 aromatic rings. The number of carbonyl (C=O) groups is 22. The molecule has 0 aliphatic rings. The Kier molecular flexibility index (Phi) is 53.9. The zero-order valence-corrected chi connectivity index (χ0v) is 71.7. The highest BCUT2D eigenvalue weighted by molar-refractivity contribution is 7.99. The Morgan fingerprint density at radius 1 is 0.429 bits per heavy atom. The van der Waals surface area contributed by atoms with Crippen molar-refractivity contribution in [2.75, 3.05) is 51.0 Å². The molecule has 0 bridgehead atoms. The summed E-state index contributed by atoms with van der Waals surface area (Å²) in [6, 6.07) is -16.2. The molecular weight excluding hydrogens is 1690 g/mol. The number of aliphatic hydroxyl groups is 2. The van der Waals surface area contributed by atoms with Crippen molar-refractivity contribution in [1.82, 2.24) is 74.7 Å². The number of esters is 2. The van der Waals surface area contributed by atoms with E-state index in [0.29, 0.717) is 31.4 Å². The van der Waals surface area contributed by atoms with Crippen molar-refractivity contribution in [3.8, 4) is 0 Å². The van der Waals surface area contributed by atoms with Crippen molar-refractivity contribution in [2.24, 2.45) is 40.3 Å². The number of nitrogens with two attached hydrogens (primary N) is 6. The fourth-order valence-electron chi connectivity index (χ4n) is 11.4. The number of thioether (sulfide) groups is 1. The van der Waals surface area contributed by atoms with Gasteiger partial charge in [0.15, 0.2) is 0 Å². The molecule has 1 rings (SSSR count). The summed E-state index contributed by atoms with van der Waals surface area (Å²) in [7, 11) is 0. The number of carboxylic acid groups (broad SMARTS) is 3. The van der Waals surface area contributed by atoms with E-state index >= 15 is 0 Å². The van der Waals surface area contributed by atoms with Gasteiger partial charge in [0, 0.05) is 49.7 Å². The van der Waals surface area contributed by atoms with E-state index in [1.807, 2.05) is 21.3 Å². The Bertz CT molecular complexity index is 3890. The quantitative estimate of drug-likeness (QED) is 0.0125. The summed E-state index contributed by atoms with van der Waals surface area (Å²) in [4.78, 5) is 291. The number of hydrogen-bond acceptors (Lipinski definition) is 32. The number of rotatable bonds is 67. The number of ether oxygens (including phenoxy) is 2. The molecule has 0 saturated carbocycles. The smallest absolute Gasteiger partial charge is 0.305 e. The molecule has 0 aromatic heterocycles. The van der Waals surface area contributed by atoms with E-state index in [0.717, 1.165) is 11.8 Å². The van der Waals surface area contributed by atoms with Crippen LogP contribution >= 0.6 is 11.8 Å². The van der Waals surface area contributed by atoms with Gasteiger partial charge in [-0.3, -0.25) is 111 Å². The molecular formula is C76H122N20O29S. The highest BCUT2D eigenvalue weighted by Gasteiger charge is 2.40. The van der Waals surface area contributed by atoms with Crippen molar-refractivity contribution in [3.63, 3.8) is 0 Å². The third-order valence-corrected chi connectivity index (χ3v) is 19.6. The number of primary amides is 3. The van der Waals surface area contributed by atoms with E-state index < -0.39 is 292 Å². The average molecular weight is 1810 g/mol. The second-order valence-electron chi connectivity index (χ2n) is 29.2. The number of hydrogen-bond donors (Lipinski definition) is 25. The van der Waals surface area contributed by atoms with Gasteiger partial charge in [-0.05, 0) is 69.5 Å². The monoisotopic (exact) mass is 1810 g/mol. The van der Waals surface area contributed by atoms with E-state index in [4.69, 9.17) is 43.9 Å². The van der Waals surface area contributed by atoms with Crippen molar-refractivity contribution in [2.45, 2.75) is 248 Å². The standard InChI is InChI=1S/C76H122N20O29S/c1-7-39(6)63(76(123)94-53(34-98)75(122)89-47(27-40-17-11-10-12-18-40)69(116)87-45(20-14-16-26-78)67(114)86-44(21-23-58(103)104)65(112)64(111)43(84-38(4)5)19-13-15-25-77)95-73(120)50(30-56(82)101)91-74(121)52(33-97)93-68(115)46(22-24-59(105)106)88-72(119)51(31-60(107)108)92-71(118)49(29-55(81)100)90-70(117)48(28-54(80)99)85-57(102)32-83-96-66(113)42(79)37-126-36-41(125-62(110)9-3)35-124-61(109)8-2/h10-12,17-18,38-39,41-53,63,83-84,97-98H,7-9,13-16,19-37,77-79H2,1-6H3,(H2,80,99)(H2,81,100)(H2,82,101)(H,85,102)(H,86,114)(H,87,116)(H,88,119)(H,89,122)(H,90,117)(H,91,121)(H,92,118)(H,93,115)(H,94,123)(H,95,120)(H,96,113)(H,103,104)(H,105,106)(H,107,108)/t39-,41-,42+,43-,44?,45-,46-,47?,48?,49-,50-,51?,52?,53-,63-/m0/s1. The Balaban J connectivity index is 3.55. The fourth-order valence-corrected chi connectivity index (χ4v) is 12.4. The van der Waals surface area contributed by atoms with Gasteiger partial charge in [0.05, 0.1) is 63.6 Å². The lowest BCUT2D eigenvalue weighted by Gasteiger charge is -2.29. The van der Waals surface area contributed by atoms with Crippen LogP contribution in [0.5, 0.6) is 0 Å². The largest absolute Gasteiger partial charge is 0.481 e. The molecule has 0 heterocycles. The van der Waals surface area contributed by atoms with Crippen LogP contribution in [0.1, 0.15) is 156 Å². The van der Waals surface area contributed by atoms with Crippen LogP contribution in [0.2, 0.25) is 0 Å². The molecule has 0 aliphatic heterocycles. The van der Waals surface area contributed by atoms with E-state index in [9.17, 15) is 131 Å². The molecule has 31 N–H and O–H groups in total. The molecule has 0 aliphatic carbocycles. The van der Waals surface area contributed by atoms with Crippen LogP contribution in [-0.2, 0) is 121 Å². The van der Waals surface area contributed by atoms with Gasteiger partial charge in [-0.1, -0.05) is 84.7 Å². The van der Waals surface area contributed by atoms with Gasteiger partial charge >= 0.3 is 29.8 Å². The molecule has 15 atom stereocenters.